The summed E-state index contributed by atoms with van der Waals surface area (Å²) in [6.07, 6.45) is 2.58. The second-order valence-corrected chi connectivity index (χ2v) is 5.69. The molecule has 0 aliphatic carbocycles. The van der Waals surface area contributed by atoms with E-state index in [1.165, 1.54) is 0 Å². The van der Waals surface area contributed by atoms with Crippen LogP contribution in [-0.2, 0) is 15.1 Å². The number of hydrogen-bond donors (Lipinski definition) is 0. The summed E-state index contributed by atoms with van der Waals surface area (Å²) >= 11 is 0. The Hall–Kier alpha value is -2.35. The number of hydrogen-bond acceptors (Lipinski definition) is 4. The monoisotopic (exact) mass is 323 g/mol. The normalized spacial score (nSPS) is 22.7. The summed E-state index contributed by atoms with van der Waals surface area (Å²) in [4.78, 5) is 4.16. The zero-order valence-electron chi connectivity index (χ0n) is 14.0. The van der Waals surface area contributed by atoms with Gasteiger partial charge in [0.25, 0.3) is 0 Å². The van der Waals surface area contributed by atoms with E-state index >= 15 is 0 Å². The molecule has 2 unspecified atom stereocenters. The van der Waals surface area contributed by atoms with Crippen LogP contribution in [-0.4, -0.2) is 31.4 Å². The molecule has 1 aliphatic rings. The van der Waals surface area contributed by atoms with E-state index < -0.39 is 5.60 Å². The summed E-state index contributed by atoms with van der Waals surface area (Å²) in [6.45, 7) is 3.06. The minimum absolute atomic E-state index is 0.0155. The van der Waals surface area contributed by atoms with Crippen LogP contribution in [0.5, 0.6) is 5.75 Å². The molecule has 1 fully saturated rings. The van der Waals surface area contributed by atoms with Gasteiger partial charge in [-0.05, 0) is 42.7 Å². The molecule has 2 atom stereocenters. The Morgan fingerprint density at radius 3 is 2.92 bits per heavy atom. The van der Waals surface area contributed by atoms with Crippen molar-refractivity contribution >= 4 is 0 Å². The fraction of sp³-hybridized carbons (Fsp3) is 0.350. The van der Waals surface area contributed by atoms with Gasteiger partial charge >= 0.3 is 0 Å². The molecular formula is C20H21NO3. The molecule has 124 valence electrons. The van der Waals surface area contributed by atoms with Crippen molar-refractivity contribution in [3.8, 4) is 17.6 Å². The van der Waals surface area contributed by atoms with E-state index in [1.807, 2.05) is 43.3 Å². The lowest BCUT2D eigenvalue weighted by atomic mass is 9.87. The summed E-state index contributed by atoms with van der Waals surface area (Å²) in [6, 6.07) is 13.6. The van der Waals surface area contributed by atoms with Gasteiger partial charge < -0.3 is 14.2 Å². The highest BCUT2D eigenvalue weighted by Gasteiger charge is 2.43. The van der Waals surface area contributed by atoms with Crippen LogP contribution >= 0.6 is 0 Å². The second-order valence-electron chi connectivity index (χ2n) is 5.69. The van der Waals surface area contributed by atoms with E-state index in [0.717, 1.165) is 23.4 Å². The van der Waals surface area contributed by atoms with Gasteiger partial charge in [-0.15, -0.1) is 0 Å². The van der Waals surface area contributed by atoms with Crippen molar-refractivity contribution in [3.05, 3.63) is 59.9 Å². The molecule has 4 heteroatoms. The zero-order chi connectivity index (χ0) is 16.8. The summed E-state index contributed by atoms with van der Waals surface area (Å²) in [5, 5.41) is 0. The average molecular weight is 323 g/mol. The highest BCUT2D eigenvalue weighted by atomic mass is 16.6. The number of benzene rings is 1. The van der Waals surface area contributed by atoms with Crippen LogP contribution in [0, 0.1) is 11.8 Å². The van der Waals surface area contributed by atoms with Crippen molar-refractivity contribution in [3.63, 3.8) is 0 Å². The molecule has 2 aromatic rings. The third-order valence-electron chi connectivity index (χ3n) is 4.38. The topological polar surface area (TPSA) is 40.6 Å². The van der Waals surface area contributed by atoms with Crippen LogP contribution in [0.25, 0.3) is 0 Å². The first-order valence-corrected chi connectivity index (χ1v) is 8.04. The summed E-state index contributed by atoms with van der Waals surface area (Å²) in [7, 11) is 1.73. The first-order chi connectivity index (χ1) is 11.7. The molecule has 0 saturated carbocycles. The van der Waals surface area contributed by atoms with E-state index in [1.54, 1.807) is 13.3 Å². The predicted octanol–water partition coefficient (Wildman–Crippen LogP) is 3.16. The largest absolute Gasteiger partial charge is 0.481 e. The average Bonchev–Trinajstić information content (AvgIpc) is 3.02. The van der Waals surface area contributed by atoms with E-state index in [2.05, 4.69) is 22.9 Å². The molecule has 0 N–H and O–H groups in total. The Labute approximate surface area is 142 Å². The maximum atomic E-state index is 5.82. The first kappa shape index (κ1) is 16.5. The highest BCUT2D eigenvalue weighted by Crippen LogP contribution is 2.40. The standard InChI is InChI=1S/C20H21NO3/c1-16-20(22-2,11-14-23-16)17-7-5-10-19(15-17)24-13-6-9-18-8-3-4-12-21-18/h3-5,7-8,10,12,15-16H,11,13-14H2,1-2H3. The summed E-state index contributed by atoms with van der Waals surface area (Å²) in [5.41, 5.74) is 1.41. The van der Waals surface area contributed by atoms with Crippen LogP contribution in [0.1, 0.15) is 24.6 Å². The highest BCUT2D eigenvalue weighted by molar-refractivity contribution is 5.34. The molecule has 1 saturated heterocycles. The first-order valence-electron chi connectivity index (χ1n) is 8.04. The molecule has 1 aromatic carbocycles. The number of rotatable bonds is 4. The Morgan fingerprint density at radius 1 is 1.29 bits per heavy atom. The number of aromatic nitrogens is 1. The number of methoxy groups -OCH3 is 1. The molecule has 1 aromatic heterocycles. The van der Waals surface area contributed by atoms with Crippen molar-refractivity contribution in [1.29, 1.82) is 0 Å². The number of pyridine rings is 1. The van der Waals surface area contributed by atoms with Gasteiger partial charge in [-0.2, -0.15) is 0 Å². The Kier molecular flexibility index (Phi) is 5.14. The Bertz CT molecular complexity index is 735. The summed E-state index contributed by atoms with van der Waals surface area (Å²) < 4.78 is 17.3. The Morgan fingerprint density at radius 2 is 2.21 bits per heavy atom. The third-order valence-corrected chi connectivity index (χ3v) is 4.38. The third kappa shape index (κ3) is 3.43. The number of ether oxygens (including phenoxy) is 3. The van der Waals surface area contributed by atoms with Gasteiger partial charge in [0.1, 0.15) is 23.7 Å². The fourth-order valence-corrected chi connectivity index (χ4v) is 3.02. The molecule has 3 rings (SSSR count). The van der Waals surface area contributed by atoms with Crippen LogP contribution < -0.4 is 4.74 Å². The molecule has 0 bridgehead atoms. The van der Waals surface area contributed by atoms with Gasteiger partial charge in [-0.1, -0.05) is 24.1 Å². The van der Waals surface area contributed by atoms with Crippen molar-refractivity contribution in [2.45, 2.75) is 25.0 Å². The van der Waals surface area contributed by atoms with Crippen LogP contribution in [0.4, 0.5) is 0 Å². The summed E-state index contributed by atoms with van der Waals surface area (Å²) in [5.74, 6) is 6.74. The van der Waals surface area contributed by atoms with Crippen molar-refractivity contribution in [1.82, 2.24) is 4.98 Å². The maximum Gasteiger partial charge on any atom is 0.149 e. The Balaban J connectivity index is 1.69. The van der Waals surface area contributed by atoms with E-state index in [9.17, 15) is 0 Å². The minimum atomic E-state index is -0.404. The maximum absolute atomic E-state index is 5.82. The van der Waals surface area contributed by atoms with Crippen LogP contribution in [0.15, 0.2) is 48.7 Å². The number of nitrogens with zero attached hydrogens (tertiary/aromatic N) is 1. The SMILES string of the molecule is COC1(c2cccc(OCC#Cc3ccccn3)c2)CCOC1C. The molecule has 4 nitrogen and oxygen atoms in total. The molecule has 1 aliphatic heterocycles. The smallest absolute Gasteiger partial charge is 0.149 e. The van der Waals surface area contributed by atoms with Crippen molar-refractivity contribution in [2.75, 3.05) is 20.3 Å². The van der Waals surface area contributed by atoms with Crippen molar-refractivity contribution < 1.29 is 14.2 Å². The lowest BCUT2D eigenvalue weighted by molar-refractivity contribution is -0.0648. The minimum Gasteiger partial charge on any atom is -0.481 e. The molecule has 24 heavy (non-hydrogen) atoms. The zero-order valence-corrected chi connectivity index (χ0v) is 14.0. The van der Waals surface area contributed by atoms with Crippen LogP contribution in [0.2, 0.25) is 0 Å². The lowest BCUT2D eigenvalue weighted by Gasteiger charge is -2.31. The predicted molar refractivity (Wildman–Crippen MR) is 91.8 cm³/mol. The van der Waals surface area contributed by atoms with Gasteiger partial charge in [-0.25, -0.2) is 4.98 Å². The van der Waals surface area contributed by atoms with Crippen LogP contribution in [0.3, 0.4) is 0 Å². The van der Waals surface area contributed by atoms with Gasteiger partial charge in [0, 0.05) is 19.7 Å². The van der Waals surface area contributed by atoms with Crippen molar-refractivity contribution in [2.24, 2.45) is 0 Å². The lowest BCUT2D eigenvalue weighted by Crippen LogP contribution is -2.35. The molecule has 0 spiro atoms. The van der Waals surface area contributed by atoms with Gasteiger partial charge in [0.15, 0.2) is 0 Å². The molecular weight excluding hydrogens is 302 g/mol. The molecule has 0 amide bonds. The second kappa shape index (κ2) is 7.48. The molecule has 0 radical (unpaired) electrons. The molecule has 2 heterocycles. The van der Waals surface area contributed by atoms with E-state index in [4.69, 9.17) is 14.2 Å². The van der Waals surface area contributed by atoms with Gasteiger partial charge in [0.05, 0.1) is 12.7 Å². The van der Waals surface area contributed by atoms with E-state index in [0.29, 0.717) is 13.2 Å². The van der Waals surface area contributed by atoms with E-state index in [-0.39, 0.29) is 6.10 Å². The fourth-order valence-electron chi connectivity index (χ4n) is 3.02. The van der Waals surface area contributed by atoms with Gasteiger partial charge in [-0.3, -0.25) is 0 Å². The quantitative estimate of drug-likeness (QED) is 0.811. The van der Waals surface area contributed by atoms with Gasteiger partial charge in [0.2, 0.25) is 0 Å².